The molecule has 0 spiro atoms. The Balaban J connectivity index is 1.71. The fourth-order valence-electron chi connectivity index (χ4n) is 4.12. The zero-order valence-corrected chi connectivity index (χ0v) is 15.3. The molecule has 8 nitrogen and oxygen atoms in total. The van der Waals surface area contributed by atoms with Crippen molar-refractivity contribution in [3.8, 4) is 0 Å². The molecule has 0 aliphatic carbocycles. The lowest BCUT2D eigenvalue weighted by Crippen LogP contribution is -2.50. The van der Waals surface area contributed by atoms with Crippen molar-refractivity contribution in [2.24, 2.45) is 18.4 Å². The number of rotatable bonds is 3. The predicted molar refractivity (Wildman–Crippen MR) is 91.9 cm³/mol. The molecule has 0 bridgehead atoms. The molecule has 3 heterocycles. The van der Waals surface area contributed by atoms with Crippen LogP contribution in [0.25, 0.3) is 0 Å². The number of ether oxygens (including phenoxy) is 1. The van der Waals surface area contributed by atoms with E-state index in [2.05, 4.69) is 15.7 Å². The van der Waals surface area contributed by atoms with Crippen LogP contribution in [-0.2, 0) is 16.6 Å². The van der Waals surface area contributed by atoms with Gasteiger partial charge in [0.05, 0.1) is 23.8 Å². The van der Waals surface area contributed by atoms with Gasteiger partial charge in [-0.1, -0.05) is 0 Å². The van der Waals surface area contributed by atoms with Crippen LogP contribution in [0.15, 0.2) is 6.20 Å². The summed E-state index contributed by atoms with van der Waals surface area (Å²) >= 11 is 0. The van der Waals surface area contributed by atoms with E-state index in [1.807, 2.05) is 27.1 Å². The van der Waals surface area contributed by atoms with Crippen LogP contribution in [0, 0.1) is 18.3 Å². The van der Waals surface area contributed by atoms with E-state index in [1.165, 1.54) is 0 Å². The van der Waals surface area contributed by atoms with Gasteiger partial charge in [0.25, 0.3) is 0 Å². The van der Waals surface area contributed by atoms with Crippen LogP contribution >= 0.6 is 0 Å². The van der Waals surface area contributed by atoms with Crippen molar-refractivity contribution >= 4 is 11.9 Å². The summed E-state index contributed by atoms with van der Waals surface area (Å²) in [5.41, 5.74) is 1.37. The van der Waals surface area contributed by atoms with Gasteiger partial charge in [0, 0.05) is 51.5 Å². The predicted octanol–water partition coefficient (Wildman–Crippen LogP) is 0.584. The second-order valence-corrected chi connectivity index (χ2v) is 7.15. The van der Waals surface area contributed by atoms with Gasteiger partial charge >= 0.3 is 6.03 Å². The normalized spacial score (nSPS) is 26.9. The first-order valence-electron chi connectivity index (χ1n) is 8.73. The molecule has 1 aromatic rings. The van der Waals surface area contributed by atoms with Crippen molar-refractivity contribution in [2.75, 3.05) is 33.4 Å². The molecule has 8 heteroatoms. The molecule has 0 aromatic carbocycles. The minimum Gasteiger partial charge on any atom is -0.381 e. The summed E-state index contributed by atoms with van der Waals surface area (Å²) in [6, 6.07) is -0.288. The van der Waals surface area contributed by atoms with Gasteiger partial charge < -0.3 is 20.3 Å². The number of aryl methyl sites for hydroxylation is 2. The van der Waals surface area contributed by atoms with Crippen molar-refractivity contribution in [3.05, 3.63) is 17.5 Å². The van der Waals surface area contributed by atoms with Gasteiger partial charge in [0.15, 0.2) is 0 Å². The van der Waals surface area contributed by atoms with Gasteiger partial charge in [0.2, 0.25) is 5.91 Å². The van der Waals surface area contributed by atoms with E-state index in [0.717, 1.165) is 11.3 Å². The molecule has 138 valence electrons. The second kappa shape index (κ2) is 6.67. The zero-order chi connectivity index (χ0) is 18.2. The number of hydrogen-bond acceptors (Lipinski definition) is 4. The van der Waals surface area contributed by atoms with Gasteiger partial charge in [-0.05, 0) is 20.3 Å². The molecule has 2 fully saturated rings. The molecule has 3 amide bonds. The Morgan fingerprint density at radius 2 is 2.24 bits per heavy atom. The summed E-state index contributed by atoms with van der Waals surface area (Å²) in [7, 11) is 3.52. The molecule has 1 unspecified atom stereocenters. The number of carbonyl (C=O) groups excluding carboxylic acids is 2. The highest BCUT2D eigenvalue weighted by molar-refractivity contribution is 5.85. The summed E-state index contributed by atoms with van der Waals surface area (Å²) in [5, 5.41) is 10.1. The van der Waals surface area contributed by atoms with Gasteiger partial charge in [0.1, 0.15) is 0 Å². The fraction of sp³-hybridized carbons (Fsp3) is 0.706. The van der Waals surface area contributed by atoms with Crippen molar-refractivity contribution in [1.82, 2.24) is 25.3 Å². The molecule has 2 N–H and O–H groups in total. The second-order valence-electron chi connectivity index (χ2n) is 7.15. The summed E-state index contributed by atoms with van der Waals surface area (Å²) in [6.07, 6.45) is 2.57. The Morgan fingerprint density at radius 3 is 2.88 bits per heavy atom. The number of hydrogen-bond donors (Lipinski definition) is 2. The molecule has 2 aliphatic rings. The molecular formula is C17H27N5O3. The van der Waals surface area contributed by atoms with Gasteiger partial charge in [-0.15, -0.1) is 0 Å². The highest BCUT2D eigenvalue weighted by Gasteiger charge is 2.54. The summed E-state index contributed by atoms with van der Waals surface area (Å²) < 4.78 is 7.30. The van der Waals surface area contributed by atoms with Crippen LogP contribution in [0.4, 0.5) is 4.79 Å². The van der Waals surface area contributed by atoms with Crippen molar-refractivity contribution in [1.29, 1.82) is 0 Å². The van der Waals surface area contributed by atoms with Crippen LogP contribution in [0.5, 0.6) is 0 Å². The molecule has 25 heavy (non-hydrogen) atoms. The Kier molecular flexibility index (Phi) is 4.73. The lowest BCUT2D eigenvalue weighted by molar-refractivity contribution is -0.138. The zero-order valence-electron chi connectivity index (χ0n) is 15.3. The number of nitrogens with zero attached hydrogens (tertiary/aromatic N) is 3. The van der Waals surface area contributed by atoms with E-state index in [0.29, 0.717) is 32.7 Å². The molecule has 3 rings (SSSR count). The summed E-state index contributed by atoms with van der Waals surface area (Å²) in [4.78, 5) is 27.0. The molecule has 3 atom stereocenters. The first-order chi connectivity index (χ1) is 11.9. The summed E-state index contributed by atoms with van der Waals surface area (Å²) in [6.45, 7) is 5.94. The SMILES string of the molecule is CNC(=O)[C@@]12CCOC[C@@H]1CN(C(=O)NC(C)c1cn(C)nc1C)C2. The average molecular weight is 349 g/mol. The molecule has 2 aliphatic heterocycles. The Hall–Kier alpha value is -2.09. The molecule has 0 saturated carbocycles. The van der Waals surface area contributed by atoms with Crippen LogP contribution in [0.2, 0.25) is 0 Å². The third kappa shape index (κ3) is 3.10. The number of carbonyl (C=O) groups is 2. The fourth-order valence-corrected chi connectivity index (χ4v) is 4.12. The van der Waals surface area contributed by atoms with Crippen LogP contribution in [0.1, 0.15) is 30.6 Å². The number of fused-ring (bicyclic) bond motifs is 1. The standard InChI is InChI=1S/C17H27N5O3/c1-11(14-8-21(4)20-12(14)2)19-16(24)22-7-13-9-25-6-5-17(13,10-22)15(23)18-3/h8,11,13H,5-7,9-10H2,1-4H3,(H,18,23)(H,19,24)/t11?,13-,17+/m0/s1. The maximum Gasteiger partial charge on any atom is 0.317 e. The number of likely N-dealkylation sites (tertiary alicyclic amines) is 1. The third-order valence-electron chi connectivity index (χ3n) is 5.53. The minimum absolute atomic E-state index is 0.00672. The molecule has 2 saturated heterocycles. The Morgan fingerprint density at radius 1 is 1.48 bits per heavy atom. The van der Waals surface area contributed by atoms with E-state index in [4.69, 9.17) is 4.74 Å². The largest absolute Gasteiger partial charge is 0.381 e. The highest BCUT2D eigenvalue weighted by atomic mass is 16.5. The van der Waals surface area contributed by atoms with E-state index >= 15 is 0 Å². The highest BCUT2D eigenvalue weighted by Crippen LogP contribution is 2.42. The van der Waals surface area contributed by atoms with E-state index in [9.17, 15) is 9.59 Å². The van der Waals surface area contributed by atoms with Gasteiger partial charge in [-0.25, -0.2) is 4.79 Å². The number of aromatic nitrogens is 2. The van der Waals surface area contributed by atoms with E-state index in [1.54, 1.807) is 16.6 Å². The lowest BCUT2D eigenvalue weighted by atomic mass is 9.73. The minimum atomic E-state index is -0.530. The molecule has 1 aromatic heterocycles. The van der Waals surface area contributed by atoms with Crippen LogP contribution < -0.4 is 10.6 Å². The smallest absolute Gasteiger partial charge is 0.317 e. The van der Waals surface area contributed by atoms with Crippen molar-refractivity contribution in [2.45, 2.75) is 26.3 Å². The van der Waals surface area contributed by atoms with Gasteiger partial charge in [-0.3, -0.25) is 9.48 Å². The quantitative estimate of drug-likeness (QED) is 0.836. The summed E-state index contributed by atoms with van der Waals surface area (Å²) in [5.74, 6) is 0.0506. The lowest BCUT2D eigenvalue weighted by Gasteiger charge is -2.36. The molecule has 0 radical (unpaired) electrons. The number of amides is 3. The van der Waals surface area contributed by atoms with Crippen molar-refractivity contribution in [3.63, 3.8) is 0 Å². The Bertz CT molecular complexity index is 673. The average Bonchev–Trinajstić information content (AvgIpc) is 3.14. The number of urea groups is 1. The first kappa shape index (κ1) is 17.7. The maximum absolute atomic E-state index is 12.8. The van der Waals surface area contributed by atoms with E-state index < -0.39 is 5.41 Å². The Labute approximate surface area is 147 Å². The number of nitrogens with one attached hydrogen (secondary N) is 2. The maximum atomic E-state index is 12.8. The van der Waals surface area contributed by atoms with Crippen molar-refractivity contribution < 1.29 is 14.3 Å². The van der Waals surface area contributed by atoms with Gasteiger partial charge in [-0.2, -0.15) is 5.10 Å². The van der Waals surface area contributed by atoms with Crippen LogP contribution in [-0.4, -0.2) is 60.0 Å². The van der Waals surface area contributed by atoms with Crippen LogP contribution in [0.3, 0.4) is 0 Å². The first-order valence-corrected chi connectivity index (χ1v) is 8.73. The van der Waals surface area contributed by atoms with E-state index in [-0.39, 0.29) is 23.9 Å². The molecular weight excluding hydrogens is 322 g/mol. The third-order valence-corrected chi connectivity index (χ3v) is 5.53. The topological polar surface area (TPSA) is 88.5 Å². The monoisotopic (exact) mass is 349 g/mol.